The molecule has 3 heteroatoms. The Labute approximate surface area is 115 Å². The van der Waals surface area contributed by atoms with Gasteiger partial charge < -0.3 is 10.0 Å². The maximum atomic E-state index is 12.7. The van der Waals surface area contributed by atoms with Gasteiger partial charge in [-0.15, -0.1) is 0 Å². The highest BCUT2D eigenvalue weighted by Crippen LogP contribution is 2.25. The largest absolute Gasteiger partial charge is 0.395 e. The molecule has 0 bridgehead atoms. The van der Waals surface area contributed by atoms with E-state index in [2.05, 4.69) is 0 Å². The standard InChI is InChI=1S/C16H23NO2/c1-12-7-8-15(13(2)11-12)16(19)17(9-10-18)14-5-3-4-6-14/h7-8,11,14,18H,3-6,9-10H2,1-2H3. The van der Waals surface area contributed by atoms with Gasteiger partial charge in [0.05, 0.1) is 6.61 Å². The fourth-order valence-electron chi connectivity index (χ4n) is 2.98. The maximum Gasteiger partial charge on any atom is 0.254 e. The second kappa shape index (κ2) is 6.20. The average molecular weight is 261 g/mol. The summed E-state index contributed by atoms with van der Waals surface area (Å²) in [5.74, 6) is 0.0680. The number of benzene rings is 1. The third-order valence-electron chi connectivity index (χ3n) is 3.98. The Morgan fingerprint density at radius 2 is 2.00 bits per heavy atom. The average Bonchev–Trinajstić information content (AvgIpc) is 2.89. The van der Waals surface area contributed by atoms with Crippen LogP contribution in [0.4, 0.5) is 0 Å². The van der Waals surface area contributed by atoms with Crippen LogP contribution in [0.1, 0.15) is 47.2 Å². The van der Waals surface area contributed by atoms with Crippen molar-refractivity contribution in [1.29, 1.82) is 0 Å². The third-order valence-corrected chi connectivity index (χ3v) is 3.98. The first-order valence-electron chi connectivity index (χ1n) is 7.12. The minimum atomic E-state index is 0.0349. The van der Waals surface area contributed by atoms with Gasteiger partial charge >= 0.3 is 0 Å². The van der Waals surface area contributed by atoms with Crippen molar-refractivity contribution in [1.82, 2.24) is 4.90 Å². The van der Waals surface area contributed by atoms with Crippen molar-refractivity contribution in [3.63, 3.8) is 0 Å². The molecule has 1 amide bonds. The molecule has 0 aromatic heterocycles. The molecule has 104 valence electrons. The molecule has 0 spiro atoms. The summed E-state index contributed by atoms with van der Waals surface area (Å²) >= 11 is 0. The minimum Gasteiger partial charge on any atom is -0.395 e. The van der Waals surface area contributed by atoms with E-state index in [4.69, 9.17) is 0 Å². The zero-order chi connectivity index (χ0) is 13.8. The number of aliphatic hydroxyl groups excluding tert-OH is 1. The van der Waals surface area contributed by atoms with Crippen LogP contribution in [0.3, 0.4) is 0 Å². The Morgan fingerprint density at radius 1 is 1.32 bits per heavy atom. The Hall–Kier alpha value is -1.35. The van der Waals surface area contributed by atoms with E-state index in [9.17, 15) is 9.90 Å². The van der Waals surface area contributed by atoms with Crippen molar-refractivity contribution in [2.75, 3.05) is 13.2 Å². The predicted molar refractivity (Wildman–Crippen MR) is 76.3 cm³/mol. The molecule has 1 saturated carbocycles. The highest BCUT2D eigenvalue weighted by molar-refractivity contribution is 5.96. The summed E-state index contributed by atoms with van der Waals surface area (Å²) in [5.41, 5.74) is 2.96. The molecule has 1 N–H and O–H groups in total. The Morgan fingerprint density at radius 3 is 2.58 bits per heavy atom. The smallest absolute Gasteiger partial charge is 0.254 e. The molecule has 1 aliphatic carbocycles. The molecule has 1 aliphatic rings. The first kappa shape index (κ1) is 14.1. The molecule has 0 atom stereocenters. The minimum absolute atomic E-state index is 0.0349. The van der Waals surface area contributed by atoms with Crippen LogP contribution in [0.15, 0.2) is 18.2 Å². The predicted octanol–water partition coefficient (Wildman–Crippen LogP) is 2.68. The summed E-state index contributed by atoms with van der Waals surface area (Å²) in [7, 11) is 0. The molecule has 0 saturated heterocycles. The van der Waals surface area contributed by atoms with Crippen molar-refractivity contribution in [2.24, 2.45) is 0 Å². The summed E-state index contributed by atoms with van der Waals surface area (Å²) < 4.78 is 0. The van der Waals surface area contributed by atoms with Gasteiger partial charge in [0.25, 0.3) is 5.91 Å². The Kier molecular flexibility index (Phi) is 4.59. The lowest BCUT2D eigenvalue weighted by Crippen LogP contribution is -2.41. The molecule has 2 rings (SSSR count). The van der Waals surface area contributed by atoms with Gasteiger partial charge in [0, 0.05) is 18.2 Å². The number of carbonyl (C=O) groups is 1. The zero-order valence-electron chi connectivity index (χ0n) is 11.9. The van der Waals surface area contributed by atoms with Crippen LogP contribution in [0, 0.1) is 13.8 Å². The van der Waals surface area contributed by atoms with Crippen molar-refractivity contribution in [3.8, 4) is 0 Å². The molecule has 3 nitrogen and oxygen atoms in total. The van der Waals surface area contributed by atoms with Gasteiger partial charge in [-0.2, -0.15) is 0 Å². The molecular weight excluding hydrogens is 238 g/mol. The quantitative estimate of drug-likeness (QED) is 0.905. The van der Waals surface area contributed by atoms with E-state index in [1.54, 1.807) is 0 Å². The molecule has 19 heavy (non-hydrogen) atoms. The van der Waals surface area contributed by atoms with Crippen molar-refractivity contribution < 1.29 is 9.90 Å². The van der Waals surface area contributed by atoms with Gasteiger partial charge in [0.15, 0.2) is 0 Å². The highest BCUT2D eigenvalue weighted by atomic mass is 16.3. The fraction of sp³-hybridized carbons (Fsp3) is 0.562. The van der Waals surface area contributed by atoms with E-state index in [1.165, 1.54) is 18.4 Å². The summed E-state index contributed by atoms with van der Waals surface area (Å²) in [4.78, 5) is 14.5. The lowest BCUT2D eigenvalue weighted by atomic mass is 10.0. The number of aliphatic hydroxyl groups is 1. The zero-order valence-corrected chi connectivity index (χ0v) is 11.9. The summed E-state index contributed by atoms with van der Waals surface area (Å²) in [6.45, 7) is 4.49. The van der Waals surface area contributed by atoms with Crippen LogP contribution in [-0.4, -0.2) is 35.1 Å². The number of carbonyl (C=O) groups excluding carboxylic acids is 1. The summed E-state index contributed by atoms with van der Waals surface area (Å²) in [6, 6.07) is 6.23. The topological polar surface area (TPSA) is 40.5 Å². The molecule has 0 heterocycles. The molecule has 0 aliphatic heterocycles. The van der Waals surface area contributed by atoms with Crippen LogP contribution in [-0.2, 0) is 0 Å². The van der Waals surface area contributed by atoms with Crippen LogP contribution in [0.5, 0.6) is 0 Å². The van der Waals surface area contributed by atoms with E-state index in [-0.39, 0.29) is 12.5 Å². The van der Waals surface area contributed by atoms with Gasteiger partial charge in [0.2, 0.25) is 0 Å². The van der Waals surface area contributed by atoms with Crippen LogP contribution < -0.4 is 0 Å². The molecule has 0 unspecified atom stereocenters. The number of hydrogen-bond acceptors (Lipinski definition) is 2. The highest BCUT2D eigenvalue weighted by Gasteiger charge is 2.27. The molecule has 0 radical (unpaired) electrons. The normalized spacial score (nSPS) is 15.7. The van der Waals surface area contributed by atoms with Crippen LogP contribution >= 0.6 is 0 Å². The lowest BCUT2D eigenvalue weighted by Gasteiger charge is -2.29. The Balaban J connectivity index is 2.22. The van der Waals surface area contributed by atoms with Gasteiger partial charge in [-0.1, -0.05) is 30.5 Å². The van der Waals surface area contributed by atoms with Crippen molar-refractivity contribution >= 4 is 5.91 Å². The number of nitrogens with zero attached hydrogens (tertiary/aromatic N) is 1. The molecular formula is C16H23NO2. The molecule has 1 aromatic carbocycles. The van der Waals surface area contributed by atoms with Crippen molar-refractivity contribution in [3.05, 3.63) is 34.9 Å². The number of aryl methyl sites for hydroxylation is 2. The van der Waals surface area contributed by atoms with E-state index in [0.717, 1.165) is 24.0 Å². The molecule has 1 aromatic rings. The first-order valence-corrected chi connectivity index (χ1v) is 7.12. The van der Waals surface area contributed by atoms with Gasteiger partial charge in [0.1, 0.15) is 0 Å². The van der Waals surface area contributed by atoms with Gasteiger partial charge in [-0.3, -0.25) is 4.79 Å². The monoisotopic (exact) mass is 261 g/mol. The van der Waals surface area contributed by atoms with E-state index in [0.29, 0.717) is 12.6 Å². The molecule has 1 fully saturated rings. The van der Waals surface area contributed by atoms with Crippen LogP contribution in [0.25, 0.3) is 0 Å². The second-order valence-corrected chi connectivity index (χ2v) is 5.48. The number of rotatable bonds is 4. The number of amides is 1. The number of hydrogen-bond donors (Lipinski definition) is 1. The van der Waals surface area contributed by atoms with E-state index in [1.807, 2.05) is 36.9 Å². The van der Waals surface area contributed by atoms with E-state index < -0.39 is 0 Å². The SMILES string of the molecule is Cc1ccc(C(=O)N(CCO)C2CCCC2)c(C)c1. The maximum absolute atomic E-state index is 12.7. The van der Waals surface area contributed by atoms with E-state index >= 15 is 0 Å². The van der Waals surface area contributed by atoms with Gasteiger partial charge in [-0.25, -0.2) is 0 Å². The lowest BCUT2D eigenvalue weighted by molar-refractivity contribution is 0.0637. The summed E-state index contributed by atoms with van der Waals surface area (Å²) in [6.07, 6.45) is 4.51. The van der Waals surface area contributed by atoms with Gasteiger partial charge in [-0.05, 0) is 38.3 Å². The second-order valence-electron chi connectivity index (χ2n) is 5.48. The van der Waals surface area contributed by atoms with Crippen molar-refractivity contribution in [2.45, 2.75) is 45.6 Å². The summed E-state index contributed by atoms with van der Waals surface area (Å²) in [5, 5.41) is 9.21. The Bertz CT molecular complexity index is 450. The first-order chi connectivity index (χ1) is 9.13. The van der Waals surface area contributed by atoms with Crippen LogP contribution in [0.2, 0.25) is 0 Å². The third kappa shape index (κ3) is 3.16. The fourth-order valence-corrected chi connectivity index (χ4v) is 2.98.